The number of anilines is 1. The lowest BCUT2D eigenvalue weighted by Gasteiger charge is -2.14. The van der Waals surface area contributed by atoms with Crippen molar-refractivity contribution in [2.45, 2.75) is 13.8 Å². The molecule has 3 aromatic rings. The first kappa shape index (κ1) is 26.6. The topological polar surface area (TPSA) is 89.0 Å². The van der Waals surface area contributed by atoms with Gasteiger partial charge >= 0.3 is 0 Å². The van der Waals surface area contributed by atoms with Crippen molar-refractivity contribution in [1.29, 1.82) is 0 Å². The van der Waals surface area contributed by atoms with Gasteiger partial charge in [-0.2, -0.15) is 0 Å². The smallest absolute Gasteiger partial charge is 0.264 e. The third-order valence-corrected chi connectivity index (χ3v) is 6.87. The second-order valence-electron chi connectivity index (χ2n) is 8.15. The summed E-state index contributed by atoms with van der Waals surface area (Å²) >= 11 is 13.8. The van der Waals surface area contributed by atoms with Crippen LogP contribution in [0.1, 0.15) is 16.7 Å². The van der Waals surface area contributed by atoms with Crippen LogP contribution >= 0.6 is 35.0 Å². The molecule has 0 bridgehead atoms. The van der Waals surface area contributed by atoms with Gasteiger partial charge in [-0.1, -0.05) is 47.0 Å². The number of nitrogens with one attached hydrogen (secondary N) is 2. The van der Waals surface area contributed by atoms with E-state index in [2.05, 4.69) is 15.6 Å². The zero-order valence-corrected chi connectivity index (χ0v) is 22.6. The third kappa shape index (κ3) is 6.85. The Bertz CT molecular complexity index is 1420. The molecule has 0 spiro atoms. The zero-order chi connectivity index (χ0) is 26.5. The monoisotopic (exact) mass is 555 g/mol. The predicted octanol–water partition coefficient (Wildman–Crippen LogP) is 6.53. The average molecular weight is 556 g/mol. The summed E-state index contributed by atoms with van der Waals surface area (Å²) in [5.41, 5.74) is 3.97. The second kappa shape index (κ2) is 11.7. The molecular weight excluding hydrogens is 533 g/mol. The summed E-state index contributed by atoms with van der Waals surface area (Å²) in [5, 5.41) is 6.76. The van der Waals surface area contributed by atoms with Gasteiger partial charge < -0.3 is 20.1 Å². The number of nitrogens with zero attached hydrogens (tertiary/aromatic N) is 1. The van der Waals surface area contributed by atoms with Gasteiger partial charge in [0.15, 0.2) is 23.3 Å². The van der Waals surface area contributed by atoms with Crippen molar-refractivity contribution < 1.29 is 19.1 Å². The fourth-order valence-electron chi connectivity index (χ4n) is 3.34. The standard InChI is InChI=1S/C27H23Cl2N3O4S/c1-15-4-7-18(8-5-15)31-27-32-26(34)23(37-27)12-17-10-21(29)25(22(11-17)35-3)36-14-24(33)30-19-9-6-16(2)20(28)13-19/h4-13H,14H2,1-3H3,(H,30,33)(H,31,32,34)/b23-12-. The highest BCUT2D eigenvalue weighted by Crippen LogP contribution is 2.38. The number of rotatable bonds is 7. The molecule has 0 atom stereocenters. The lowest BCUT2D eigenvalue weighted by atomic mass is 10.2. The van der Waals surface area contributed by atoms with E-state index in [9.17, 15) is 9.59 Å². The highest BCUT2D eigenvalue weighted by atomic mass is 35.5. The number of amides is 2. The van der Waals surface area contributed by atoms with E-state index in [-0.39, 0.29) is 29.2 Å². The Morgan fingerprint density at radius 1 is 1.08 bits per heavy atom. The van der Waals surface area contributed by atoms with Crippen molar-refractivity contribution in [3.63, 3.8) is 0 Å². The Kier molecular flexibility index (Phi) is 8.43. The molecule has 1 aliphatic heterocycles. The van der Waals surface area contributed by atoms with Gasteiger partial charge in [0.05, 0.1) is 22.7 Å². The van der Waals surface area contributed by atoms with Gasteiger partial charge in [0, 0.05) is 10.7 Å². The molecule has 0 radical (unpaired) electrons. The number of benzene rings is 3. The van der Waals surface area contributed by atoms with E-state index in [1.807, 2.05) is 44.2 Å². The molecule has 7 nitrogen and oxygen atoms in total. The summed E-state index contributed by atoms with van der Waals surface area (Å²) in [7, 11) is 1.47. The Labute approximate surface area is 228 Å². The number of amidine groups is 1. The maximum absolute atomic E-state index is 12.5. The first-order valence-corrected chi connectivity index (χ1v) is 12.7. The molecule has 1 heterocycles. The number of carbonyl (C=O) groups is 2. The molecular formula is C27H23Cl2N3O4S. The van der Waals surface area contributed by atoms with Gasteiger partial charge in [-0.25, -0.2) is 4.99 Å². The number of aliphatic imine (C=N–C) groups is 1. The molecule has 4 rings (SSSR count). The maximum atomic E-state index is 12.5. The number of hydrogen-bond donors (Lipinski definition) is 2. The number of carbonyl (C=O) groups excluding carboxylic acids is 2. The molecule has 37 heavy (non-hydrogen) atoms. The fourth-order valence-corrected chi connectivity index (χ4v) is 4.63. The summed E-state index contributed by atoms with van der Waals surface area (Å²) in [6.07, 6.45) is 1.68. The molecule has 0 saturated carbocycles. The van der Waals surface area contributed by atoms with E-state index >= 15 is 0 Å². The molecule has 1 saturated heterocycles. The number of halogens is 2. The Hall–Kier alpha value is -3.46. The van der Waals surface area contributed by atoms with Gasteiger partial charge in [-0.15, -0.1) is 0 Å². The largest absolute Gasteiger partial charge is 0.493 e. The molecule has 3 aromatic carbocycles. The van der Waals surface area contributed by atoms with Crippen LogP contribution in [0, 0.1) is 13.8 Å². The van der Waals surface area contributed by atoms with E-state index < -0.39 is 0 Å². The lowest BCUT2D eigenvalue weighted by Crippen LogP contribution is -2.20. The molecule has 0 aromatic heterocycles. The summed E-state index contributed by atoms with van der Waals surface area (Å²) in [4.78, 5) is 29.8. The van der Waals surface area contributed by atoms with Crippen molar-refractivity contribution in [2.24, 2.45) is 4.99 Å². The highest BCUT2D eigenvalue weighted by molar-refractivity contribution is 8.18. The number of methoxy groups -OCH3 is 1. The van der Waals surface area contributed by atoms with Crippen molar-refractivity contribution >= 4 is 69.4 Å². The molecule has 1 aliphatic rings. The molecule has 190 valence electrons. The molecule has 1 fully saturated rings. The van der Waals surface area contributed by atoms with E-state index in [1.165, 1.54) is 18.9 Å². The van der Waals surface area contributed by atoms with Crippen molar-refractivity contribution in [2.75, 3.05) is 19.0 Å². The van der Waals surface area contributed by atoms with Crippen LogP contribution in [0.4, 0.5) is 11.4 Å². The number of hydrogen-bond acceptors (Lipinski definition) is 6. The Morgan fingerprint density at radius 2 is 1.84 bits per heavy atom. The van der Waals surface area contributed by atoms with Crippen LogP contribution in [0.25, 0.3) is 6.08 Å². The van der Waals surface area contributed by atoms with Gasteiger partial charge in [0.1, 0.15) is 0 Å². The number of ether oxygens (including phenoxy) is 2. The van der Waals surface area contributed by atoms with E-state index in [0.717, 1.165) is 16.8 Å². The first-order valence-electron chi connectivity index (χ1n) is 11.1. The van der Waals surface area contributed by atoms with Crippen LogP contribution in [0.2, 0.25) is 10.0 Å². The summed E-state index contributed by atoms with van der Waals surface area (Å²) < 4.78 is 11.1. The number of thioether (sulfide) groups is 1. The van der Waals surface area contributed by atoms with Crippen molar-refractivity contribution in [1.82, 2.24) is 5.32 Å². The van der Waals surface area contributed by atoms with Crippen LogP contribution in [0.3, 0.4) is 0 Å². The van der Waals surface area contributed by atoms with E-state index in [1.54, 1.807) is 30.3 Å². The third-order valence-electron chi connectivity index (χ3n) is 5.27. The molecule has 2 N–H and O–H groups in total. The maximum Gasteiger partial charge on any atom is 0.264 e. The average Bonchev–Trinajstić information content (AvgIpc) is 3.20. The molecule has 0 aliphatic carbocycles. The van der Waals surface area contributed by atoms with Crippen LogP contribution in [0.15, 0.2) is 64.5 Å². The van der Waals surface area contributed by atoms with Gasteiger partial charge in [0.25, 0.3) is 11.8 Å². The molecule has 0 unspecified atom stereocenters. The van der Waals surface area contributed by atoms with Crippen LogP contribution in [-0.4, -0.2) is 30.7 Å². The second-order valence-corrected chi connectivity index (χ2v) is 10.00. The Balaban J connectivity index is 1.45. The molecule has 10 heteroatoms. The normalized spacial score (nSPS) is 15.1. The lowest BCUT2D eigenvalue weighted by molar-refractivity contribution is -0.118. The van der Waals surface area contributed by atoms with Gasteiger partial charge in [0.2, 0.25) is 0 Å². The van der Waals surface area contributed by atoms with Crippen molar-refractivity contribution in [3.05, 3.63) is 86.2 Å². The minimum absolute atomic E-state index is 0.216. The van der Waals surface area contributed by atoms with E-state index in [0.29, 0.717) is 32.1 Å². The zero-order valence-electron chi connectivity index (χ0n) is 20.2. The van der Waals surface area contributed by atoms with Crippen LogP contribution in [-0.2, 0) is 9.59 Å². The quantitative estimate of drug-likeness (QED) is 0.323. The number of aryl methyl sites for hydroxylation is 2. The minimum Gasteiger partial charge on any atom is -0.493 e. The van der Waals surface area contributed by atoms with Crippen molar-refractivity contribution in [3.8, 4) is 11.5 Å². The molecule has 2 amide bonds. The summed E-state index contributed by atoms with van der Waals surface area (Å²) in [6.45, 7) is 3.58. The van der Waals surface area contributed by atoms with Gasteiger partial charge in [-0.05, 0) is 79.2 Å². The van der Waals surface area contributed by atoms with Crippen LogP contribution < -0.4 is 20.1 Å². The summed E-state index contributed by atoms with van der Waals surface area (Å²) in [5.74, 6) is -0.112. The SMILES string of the molecule is COc1cc(/C=C2\SC(=Nc3ccc(C)cc3)NC2=O)cc(Cl)c1OCC(=O)Nc1ccc(C)c(Cl)c1. The highest BCUT2D eigenvalue weighted by Gasteiger charge is 2.24. The van der Waals surface area contributed by atoms with Crippen LogP contribution in [0.5, 0.6) is 11.5 Å². The van der Waals surface area contributed by atoms with Gasteiger partial charge in [-0.3, -0.25) is 9.59 Å². The first-order chi connectivity index (χ1) is 17.7. The predicted molar refractivity (Wildman–Crippen MR) is 150 cm³/mol. The minimum atomic E-state index is -0.386. The fraction of sp³-hybridized carbons (Fsp3) is 0.148. The van der Waals surface area contributed by atoms with E-state index in [4.69, 9.17) is 32.7 Å². The Morgan fingerprint density at radius 3 is 2.54 bits per heavy atom. The summed E-state index contributed by atoms with van der Waals surface area (Å²) in [6, 6.07) is 16.2.